The van der Waals surface area contributed by atoms with E-state index in [9.17, 15) is 9.59 Å². The smallest absolute Gasteiger partial charge is 0.317 e. The SMILES string of the molecule is O=C(O)CN1C[C@@H]2COC[C@H](C1)N(C(=O)c1cn(-c3ccccc3)nn1)C2. The lowest BCUT2D eigenvalue weighted by atomic mass is 10.1. The molecule has 2 bridgehead atoms. The van der Waals surface area contributed by atoms with Crippen molar-refractivity contribution in [1.29, 1.82) is 0 Å². The van der Waals surface area contributed by atoms with Crippen LogP contribution in [0.4, 0.5) is 0 Å². The van der Waals surface area contributed by atoms with Gasteiger partial charge in [-0.1, -0.05) is 23.4 Å². The summed E-state index contributed by atoms with van der Waals surface area (Å²) in [4.78, 5) is 27.8. The van der Waals surface area contributed by atoms with E-state index < -0.39 is 5.97 Å². The monoisotopic (exact) mass is 371 g/mol. The average molecular weight is 371 g/mol. The van der Waals surface area contributed by atoms with E-state index in [1.807, 2.05) is 35.2 Å². The van der Waals surface area contributed by atoms with Crippen molar-refractivity contribution in [1.82, 2.24) is 24.8 Å². The first kappa shape index (κ1) is 17.6. The van der Waals surface area contributed by atoms with Crippen molar-refractivity contribution in [3.05, 3.63) is 42.2 Å². The van der Waals surface area contributed by atoms with E-state index in [-0.39, 0.29) is 30.1 Å². The molecule has 2 aliphatic heterocycles. The summed E-state index contributed by atoms with van der Waals surface area (Å²) in [6.07, 6.45) is 1.63. The number of aliphatic carboxylic acids is 1. The molecular weight excluding hydrogens is 350 g/mol. The number of benzene rings is 1. The Kier molecular flexibility index (Phi) is 4.87. The summed E-state index contributed by atoms with van der Waals surface area (Å²) in [7, 11) is 0. The number of ether oxygens (including phenoxy) is 1. The summed E-state index contributed by atoms with van der Waals surface area (Å²) in [6, 6.07) is 9.27. The molecule has 0 saturated carbocycles. The van der Waals surface area contributed by atoms with Gasteiger partial charge in [0.2, 0.25) is 0 Å². The Balaban J connectivity index is 1.55. The van der Waals surface area contributed by atoms with Crippen LogP contribution in [0.1, 0.15) is 10.5 Å². The number of amides is 1. The largest absolute Gasteiger partial charge is 0.480 e. The van der Waals surface area contributed by atoms with Crippen molar-refractivity contribution in [2.24, 2.45) is 5.92 Å². The Hall–Kier alpha value is -2.78. The predicted octanol–water partition coefficient (Wildman–Crippen LogP) is 0.125. The zero-order valence-corrected chi connectivity index (χ0v) is 14.8. The molecule has 0 radical (unpaired) electrons. The van der Waals surface area contributed by atoms with Gasteiger partial charge >= 0.3 is 5.97 Å². The van der Waals surface area contributed by atoms with E-state index in [1.54, 1.807) is 15.8 Å². The molecule has 2 fully saturated rings. The normalized spacial score (nSPS) is 23.0. The molecule has 3 heterocycles. The van der Waals surface area contributed by atoms with Crippen LogP contribution in [0.5, 0.6) is 0 Å². The molecule has 0 aliphatic carbocycles. The Morgan fingerprint density at radius 3 is 2.74 bits per heavy atom. The van der Waals surface area contributed by atoms with Crippen LogP contribution in [0.15, 0.2) is 36.5 Å². The zero-order valence-electron chi connectivity index (χ0n) is 14.8. The predicted molar refractivity (Wildman–Crippen MR) is 94.6 cm³/mol. The van der Waals surface area contributed by atoms with Crippen LogP contribution in [-0.2, 0) is 9.53 Å². The van der Waals surface area contributed by atoms with Crippen molar-refractivity contribution < 1.29 is 19.4 Å². The van der Waals surface area contributed by atoms with Gasteiger partial charge in [0, 0.05) is 25.6 Å². The van der Waals surface area contributed by atoms with Crippen LogP contribution in [0.3, 0.4) is 0 Å². The van der Waals surface area contributed by atoms with Crippen molar-refractivity contribution in [2.75, 3.05) is 39.4 Å². The number of hydrogen-bond acceptors (Lipinski definition) is 6. The number of hydrogen-bond donors (Lipinski definition) is 1. The van der Waals surface area contributed by atoms with Gasteiger partial charge in [-0.2, -0.15) is 0 Å². The second kappa shape index (κ2) is 7.45. The molecule has 1 amide bonds. The first-order valence-corrected chi connectivity index (χ1v) is 8.91. The molecule has 2 atom stereocenters. The van der Waals surface area contributed by atoms with Crippen molar-refractivity contribution >= 4 is 11.9 Å². The molecular formula is C18H21N5O4. The summed E-state index contributed by atoms with van der Waals surface area (Å²) in [5, 5.41) is 17.2. The molecule has 1 N–H and O–H groups in total. The molecule has 1 aromatic carbocycles. The molecule has 4 rings (SSSR count). The molecule has 1 aromatic heterocycles. The molecule has 2 saturated heterocycles. The molecule has 2 aromatic rings. The molecule has 27 heavy (non-hydrogen) atoms. The van der Waals surface area contributed by atoms with Gasteiger partial charge in [0.1, 0.15) is 0 Å². The molecule has 9 heteroatoms. The van der Waals surface area contributed by atoms with Gasteiger partial charge in [0.25, 0.3) is 5.91 Å². The highest BCUT2D eigenvalue weighted by atomic mass is 16.5. The van der Waals surface area contributed by atoms with E-state index >= 15 is 0 Å². The quantitative estimate of drug-likeness (QED) is 0.815. The summed E-state index contributed by atoms with van der Waals surface area (Å²) < 4.78 is 7.27. The zero-order chi connectivity index (χ0) is 18.8. The highest BCUT2D eigenvalue weighted by Crippen LogP contribution is 2.21. The summed E-state index contributed by atoms with van der Waals surface area (Å²) in [5.74, 6) is -0.987. The third-order valence-corrected chi connectivity index (χ3v) is 4.90. The minimum atomic E-state index is -0.862. The van der Waals surface area contributed by atoms with Gasteiger partial charge in [-0.3, -0.25) is 14.5 Å². The third-order valence-electron chi connectivity index (χ3n) is 4.90. The highest BCUT2D eigenvalue weighted by molar-refractivity contribution is 5.92. The number of carboxylic acids is 1. The lowest BCUT2D eigenvalue weighted by Gasteiger charge is -2.30. The minimum absolute atomic E-state index is 0.0286. The number of aromatic nitrogens is 3. The Labute approximate surface area is 156 Å². The third kappa shape index (κ3) is 3.83. The fourth-order valence-electron chi connectivity index (χ4n) is 3.73. The first-order valence-electron chi connectivity index (χ1n) is 8.91. The molecule has 0 spiro atoms. The lowest BCUT2D eigenvalue weighted by molar-refractivity contribution is -0.138. The van der Waals surface area contributed by atoms with Crippen LogP contribution >= 0.6 is 0 Å². The van der Waals surface area contributed by atoms with Crippen LogP contribution in [0, 0.1) is 5.92 Å². The number of carbonyl (C=O) groups is 2. The molecule has 2 aliphatic rings. The summed E-state index contributed by atoms with van der Waals surface area (Å²) >= 11 is 0. The van der Waals surface area contributed by atoms with E-state index in [0.29, 0.717) is 32.8 Å². The molecule has 0 unspecified atom stereocenters. The maximum Gasteiger partial charge on any atom is 0.317 e. The van der Waals surface area contributed by atoms with Crippen LogP contribution in [0.2, 0.25) is 0 Å². The standard InChI is InChI=1S/C18H21N5O4/c24-17(25)10-21-6-13-7-22(15(8-21)12-27-11-13)18(26)16-9-23(20-19-16)14-4-2-1-3-5-14/h1-5,9,13,15H,6-8,10-12H2,(H,24,25)/t13-,15-/m0/s1. The topological polar surface area (TPSA) is 101 Å². The maximum atomic E-state index is 13.1. The van der Waals surface area contributed by atoms with Gasteiger partial charge < -0.3 is 14.7 Å². The maximum absolute atomic E-state index is 13.1. The van der Waals surface area contributed by atoms with Crippen molar-refractivity contribution in [3.8, 4) is 5.69 Å². The number of carboxylic acid groups (broad SMARTS) is 1. The molecule has 9 nitrogen and oxygen atoms in total. The first-order chi connectivity index (χ1) is 13.1. The van der Waals surface area contributed by atoms with Crippen LogP contribution in [-0.4, -0.2) is 87.2 Å². The highest BCUT2D eigenvalue weighted by Gasteiger charge is 2.37. The van der Waals surface area contributed by atoms with Crippen LogP contribution in [0.25, 0.3) is 5.69 Å². The van der Waals surface area contributed by atoms with Crippen LogP contribution < -0.4 is 0 Å². The van der Waals surface area contributed by atoms with Gasteiger partial charge in [-0.15, -0.1) is 5.10 Å². The summed E-state index contributed by atoms with van der Waals surface area (Å²) in [5.41, 5.74) is 1.10. The number of fused-ring (bicyclic) bond motifs is 3. The fraction of sp³-hybridized carbons (Fsp3) is 0.444. The second-order valence-corrected chi connectivity index (χ2v) is 6.99. The number of para-hydroxylation sites is 1. The number of rotatable bonds is 4. The minimum Gasteiger partial charge on any atom is -0.480 e. The second-order valence-electron chi connectivity index (χ2n) is 6.99. The van der Waals surface area contributed by atoms with Gasteiger partial charge in [-0.25, -0.2) is 4.68 Å². The van der Waals surface area contributed by atoms with E-state index in [0.717, 1.165) is 5.69 Å². The Morgan fingerprint density at radius 2 is 1.96 bits per heavy atom. The molecule has 142 valence electrons. The summed E-state index contributed by atoms with van der Waals surface area (Å²) in [6.45, 7) is 2.49. The fourth-order valence-corrected chi connectivity index (χ4v) is 3.73. The Bertz CT molecular complexity index is 824. The van der Waals surface area contributed by atoms with Gasteiger partial charge in [0.15, 0.2) is 5.69 Å². The average Bonchev–Trinajstić information content (AvgIpc) is 2.97. The van der Waals surface area contributed by atoms with Gasteiger partial charge in [0.05, 0.1) is 37.7 Å². The lowest BCUT2D eigenvalue weighted by Crippen LogP contribution is -2.47. The van der Waals surface area contributed by atoms with E-state index in [4.69, 9.17) is 9.84 Å². The van der Waals surface area contributed by atoms with E-state index in [2.05, 4.69) is 10.3 Å². The number of nitrogens with zero attached hydrogens (tertiary/aromatic N) is 5. The van der Waals surface area contributed by atoms with Crippen molar-refractivity contribution in [2.45, 2.75) is 6.04 Å². The van der Waals surface area contributed by atoms with Crippen molar-refractivity contribution in [3.63, 3.8) is 0 Å². The van der Waals surface area contributed by atoms with Gasteiger partial charge in [-0.05, 0) is 12.1 Å². The Morgan fingerprint density at radius 1 is 1.15 bits per heavy atom. The number of carbonyl (C=O) groups excluding carboxylic acids is 1. The van der Waals surface area contributed by atoms with E-state index in [1.165, 1.54) is 0 Å².